The molecule has 0 aromatic heterocycles. The normalized spacial score (nSPS) is 13.7. The van der Waals surface area contributed by atoms with Crippen molar-refractivity contribution in [3.63, 3.8) is 0 Å². The summed E-state index contributed by atoms with van der Waals surface area (Å²) in [6.45, 7) is 4.91. The van der Waals surface area contributed by atoms with Gasteiger partial charge in [0.2, 0.25) is 0 Å². The first kappa shape index (κ1) is 51.0. The van der Waals surface area contributed by atoms with Crippen LogP contribution in [-0.4, -0.2) is 49.9 Å². The number of phosphoric ester groups is 1. The standard InChI is InChI=1S/C43H84NO7P/c1-3-5-7-9-11-13-15-17-19-20-21-23-25-27-29-31-33-35-38-48-40-42(41-50-52(46,47)49-39-37-44)51-43(45)36-34-32-30-28-26-24-22-18-16-14-12-10-8-6-4-2/h11,13,17,19,42H,3-10,12,14-16,18,20-41,44H2,1-2H3,(H,46,47)/b13-11-,19-17-. The first-order valence-electron chi connectivity index (χ1n) is 21.8. The number of rotatable bonds is 42. The molecule has 0 aliphatic carbocycles. The summed E-state index contributed by atoms with van der Waals surface area (Å²) in [4.78, 5) is 22.5. The first-order valence-corrected chi connectivity index (χ1v) is 23.3. The van der Waals surface area contributed by atoms with Crippen molar-refractivity contribution in [3.8, 4) is 0 Å². The van der Waals surface area contributed by atoms with E-state index in [4.69, 9.17) is 24.3 Å². The number of hydrogen-bond donors (Lipinski definition) is 2. The lowest BCUT2D eigenvalue weighted by Crippen LogP contribution is -2.28. The van der Waals surface area contributed by atoms with Crippen molar-refractivity contribution in [1.82, 2.24) is 0 Å². The summed E-state index contributed by atoms with van der Waals surface area (Å²) in [5.74, 6) is -0.330. The Bertz CT molecular complexity index is 853. The molecule has 0 saturated heterocycles. The molecule has 0 rings (SSSR count). The molecule has 0 amide bonds. The number of hydrogen-bond acceptors (Lipinski definition) is 7. The second-order valence-corrected chi connectivity index (χ2v) is 16.0. The van der Waals surface area contributed by atoms with Gasteiger partial charge in [-0.2, -0.15) is 0 Å². The summed E-state index contributed by atoms with van der Waals surface area (Å²) in [6, 6.07) is 0. The van der Waals surface area contributed by atoms with Gasteiger partial charge in [-0.25, -0.2) is 4.57 Å². The lowest BCUT2D eigenvalue weighted by Gasteiger charge is -2.20. The molecule has 52 heavy (non-hydrogen) atoms. The molecule has 0 aromatic carbocycles. The van der Waals surface area contributed by atoms with Crippen LogP contribution >= 0.6 is 7.82 Å². The molecule has 0 fully saturated rings. The van der Waals surface area contributed by atoms with Gasteiger partial charge in [-0.15, -0.1) is 0 Å². The van der Waals surface area contributed by atoms with E-state index in [-0.39, 0.29) is 32.3 Å². The van der Waals surface area contributed by atoms with Crippen LogP contribution in [-0.2, 0) is 27.9 Å². The molecule has 2 atom stereocenters. The van der Waals surface area contributed by atoms with Crippen LogP contribution in [0.25, 0.3) is 0 Å². The number of unbranched alkanes of at least 4 members (excludes halogenated alkanes) is 25. The molecule has 8 nitrogen and oxygen atoms in total. The maximum absolute atomic E-state index is 12.6. The number of nitrogens with two attached hydrogens (primary N) is 1. The highest BCUT2D eigenvalue weighted by molar-refractivity contribution is 7.47. The van der Waals surface area contributed by atoms with E-state index in [0.29, 0.717) is 13.0 Å². The predicted octanol–water partition coefficient (Wildman–Crippen LogP) is 12.9. The third kappa shape index (κ3) is 40.2. The van der Waals surface area contributed by atoms with Crippen LogP contribution in [0.3, 0.4) is 0 Å². The lowest BCUT2D eigenvalue weighted by molar-refractivity contribution is -0.154. The molecule has 308 valence electrons. The van der Waals surface area contributed by atoms with Crippen LogP contribution in [0.1, 0.15) is 206 Å². The third-order valence-corrected chi connectivity index (χ3v) is 10.4. The zero-order valence-corrected chi connectivity index (χ0v) is 35.0. The van der Waals surface area contributed by atoms with E-state index in [1.165, 1.54) is 148 Å². The summed E-state index contributed by atoms with van der Waals surface area (Å²) in [7, 11) is -4.27. The average Bonchev–Trinajstić information content (AvgIpc) is 3.13. The minimum Gasteiger partial charge on any atom is -0.457 e. The van der Waals surface area contributed by atoms with Crippen molar-refractivity contribution >= 4 is 13.8 Å². The van der Waals surface area contributed by atoms with Gasteiger partial charge < -0.3 is 20.1 Å². The third-order valence-electron chi connectivity index (χ3n) is 9.37. The maximum atomic E-state index is 12.6. The van der Waals surface area contributed by atoms with Gasteiger partial charge in [0.25, 0.3) is 0 Å². The van der Waals surface area contributed by atoms with Gasteiger partial charge in [-0.1, -0.05) is 179 Å². The Morgan fingerprint density at radius 3 is 1.54 bits per heavy atom. The van der Waals surface area contributed by atoms with Gasteiger partial charge in [0, 0.05) is 19.6 Å². The minimum absolute atomic E-state index is 0.0946. The van der Waals surface area contributed by atoms with Crippen LogP contribution in [0.15, 0.2) is 24.3 Å². The van der Waals surface area contributed by atoms with E-state index in [1.807, 2.05) is 0 Å². The van der Waals surface area contributed by atoms with Gasteiger partial charge in [-0.05, 0) is 44.9 Å². The SMILES string of the molecule is CCCCC/C=C\C/C=C\CCCCCCCCCCOCC(COP(=O)(O)OCCN)OC(=O)CCCCCCCCCCCCCCCCC. The van der Waals surface area contributed by atoms with E-state index < -0.39 is 13.9 Å². The van der Waals surface area contributed by atoms with E-state index >= 15 is 0 Å². The highest BCUT2D eigenvalue weighted by atomic mass is 31.2. The van der Waals surface area contributed by atoms with Gasteiger partial charge in [0.05, 0.1) is 19.8 Å². The Hall–Kier alpha value is -1.02. The zero-order chi connectivity index (χ0) is 38.1. The molecular formula is C43H84NO7P. The van der Waals surface area contributed by atoms with Crippen molar-refractivity contribution in [3.05, 3.63) is 24.3 Å². The van der Waals surface area contributed by atoms with Crippen LogP contribution < -0.4 is 5.73 Å². The number of carbonyl (C=O) groups is 1. The van der Waals surface area contributed by atoms with Crippen molar-refractivity contribution < 1.29 is 32.8 Å². The quantitative estimate of drug-likeness (QED) is 0.0273. The highest BCUT2D eigenvalue weighted by Gasteiger charge is 2.25. The van der Waals surface area contributed by atoms with Crippen molar-refractivity contribution in [2.24, 2.45) is 5.73 Å². The van der Waals surface area contributed by atoms with Crippen molar-refractivity contribution in [1.29, 1.82) is 0 Å². The lowest BCUT2D eigenvalue weighted by atomic mass is 10.0. The van der Waals surface area contributed by atoms with Crippen molar-refractivity contribution in [2.75, 3.05) is 33.0 Å². The number of carbonyl (C=O) groups excluding carboxylic acids is 1. The van der Waals surface area contributed by atoms with Gasteiger partial charge in [0.1, 0.15) is 6.10 Å². The van der Waals surface area contributed by atoms with E-state index in [1.54, 1.807) is 0 Å². The average molecular weight is 758 g/mol. The summed E-state index contributed by atoms with van der Waals surface area (Å²) in [6.07, 6.45) is 44.7. The Morgan fingerprint density at radius 1 is 0.577 bits per heavy atom. The molecule has 0 aromatic rings. The second kappa shape index (κ2) is 41.1. The monoisotopic (exact) mass is 758 g/mol. The maximum Gasteiger partial charge on any atom is 0.472 e. The topological polar surface area (TPSA) is 117 Å². The van der Waals surface area contributed by atoms with Gasteiger partial charge in [-0.3, -0.25) is 13.8 Å². The summed E-state index contributed by atoms with van der Waals surface area (Å²) < 4.78 is 33.4. The van der Waals surface area contributed by atoms with Crippen LogP contribution in [0.5, 0.6) is 0 Å². The molecule has 3 N–H and O–H groups in total. The predicted molar refractivity (Wildman–Crippen MR) is 220 cm³/mol. The summed E-state index contributed by atoms with van der Waals surface area (Å²) in [5.41, 5.74) is 5.37. The largest absolute Gasteiger partial charge is 0.472 e. The highest BCUT2D eigenvalue weighted by Crippen LogP contribution is 2.43. The molecule has 0 spiro atoms. The molecule has 0 radical (unpaired) electrons. The van der Waals surface area contributed by atoms with Crippen LogP contribution in [0, 0.1) is 0 Å². The molecule has 0 heterocycles. The fourth-order valence-corrected chi connectivity index (χ4v) is 6.91. The minimum atomic E-state index is -4.27. The van der Waals surface area contributed by atoms with Gasteiger partial charge >= 0.3 is 13.8 Å². The fraction of sp³-hybridized carbons (Fsp3) is 0.884. The second-order valence-electron chi connectivity index (χ2n) is 14.6. The van der Waals surface area contributed by atoms with E-state index in [2.05, 4.69) is 38.2 Å². The Labute approximate surface area is 321 Å². The number of allylic oxidation sites excluding steroid dienone is 4. The molecule has 0 bridgehead atoms. The van der Waals surface area contributed by atoms with Crippen LogP contribution in [0.4, 0.5) is 0 Å². The van der Waals surface area contributed by atoms with Crippen molar-refractivity contribution in [2.45, 2.75) is 213 Å². The molecule has 0 aliphatic rings. The summed E-state index contributed by atoms with van der Waals surface area (Å²) in [5, 5.41) is 0. The van der Waals surface area contributed by atoms with Gasteiger partial charge in [0.15, 0.2) is 0 Å². The fourth-order valence-electron chi connectivity index (χ4n) is 6.14. The number of phosphoric acid groups is 1. The first-order chi connectivity index (χ1) is 25.4. The number of ether oxygens (including phenoxy) is 2. The molecule has 2 unspecified atom stereocenters. The smallest absolute Gasteiger partial charge is 0.457 e. The number of esters is 1. The molecule has 0 aliphatic heterocycles. The molecule has 0 saturated carbocycles. The molecular weight excluding hydrogens is 673 g/mol. The zero-order valence-electron chi connectivity index (χ0n) is 34.1. The Kier molecular flexibility index (Phi) is 40.3. The Balaban J connectivity index is 4.01. The molecule has 9 heteroatoms. The van der Waals surface area contributed by atoms with E-state index in [9.17, 15) is 14.3 Å². The Morgan fingerprint density at radius 2 is 1.02 bits per heavy atom. The summed E-state index contributed by atoms with van der Waals surface area (Å²) >= 11 is 0. The van der Waals surface area contributed by atoms with Crippen LogP contribution in [0.2, 0.25) is 0 Å². The van der Waals surface area contributed by atoms with E-state index in [0.717, 1.165) is 38.5 Å².